The summed E-state index contributed by atoms with van der Waals surface area (Å²) in [4.78, 5) is 0. The second-order valence-corrected chi connectivity index (χ2v) is 5.28. The van der Waals surface area contributed by atoms with Crippen molar-refractivity contribution < 1.29 is 18.3 Å². The van der Waals surface area contributed by atoms with E-state index in [1.165, 1.54) is 6.07 Å². The van der Waals surface area contributed by atoms with Gasteiger partial charge in [0, 0.05) is 12.0 Å². The van der Waals surface area contributed by atoms with Crippen LogP contribution in [-0.2, 0) is 6.18 Å². The Kier molecular flexibility index (Phi) is 5.10. The summed E-state index contributed by atoms with van der Waals surface area (Å²) < 4.78 is 37.8. The van der Waals surface area contributed by atoms with Crippen LogP contribution in [0.2, 0.25) is 5.02 Å². The SMILES string of the molecule is CCC(C)(CO)CNc1cc(C(F)(F)F)ccc1Cl. The molecule has 1 unspecified atom stereocenters. The van der Waals surface area contributed by atoms with E-state index in [9.17, 15) is 18.3 Å². The zero-order valence-corrected chi connectivity index (χ0v) is 11.6. The Bertz CT molecular complexity index is 430. The van der Waals surface area contributed by atoms with Crippen molar-refractivity contribution in [3.8, 4) is 0 Å². The van der Waals surface area contributed by atoms with Gasteiger partial charge in [-0.15, -0.1) is 0 Å². The van der Waals surface area contributed by atoms with Gasteiger partial charge in [0.05, 0.1) is 22.9 Å². The van der Waals surface area contributed by atoms with E-state index in [0.29, 0.717) is 13.0 Å². The van der Waals surface area contributed by atoms with Crippen molar-refractivity contribution in [1.82, 2.24) is 0 Å². The molecule has 0 aliphatic carbocycles. The van der Waals surface area contributed by atoms with Crippen molar-refractivity contribution in [2.75, 3.05) is 18.5 Å². The zero-order valence-electron chi connectivity index (χ0n) is 10.8. The maximum atomic E-state index is 12.6. The predicted molar refractivity (Wildman–Crippen MR) is 70.4 cm³/mol. The van der Waals surface area contributed by atoms with Gasteiger partial charge in [0.2, 0.25) is 0 Å². The molecule has 0 bridgehead atoms. The van der Waals surface area contributed by atoms with Gasteiger partial charge in [-0.05, 0) is 24.6 Å². The number of hydrogen-bond acceptors (Lipinski definition) is 2. The third-order valence-corrected chi connectivity index (χ3v) is 3.56. The number of rotatable bonds is 5. The lowest BCUT2D eigenvalue weighted by Crippen LogP contribution is -2.29. The van der Waals surface area contributed by atoms with E-state index in [1.54, 1.807) is 0 Å². The van der Waals surface area contributed by atoms with Crippen molar-refractivity contribution in [2.24, 2.45) is 5.41 Å². The van der Waals surface area contributed by atoms with Crippen LogP contribution < -0.4 is 5.32 Å². The average Bonchev–Trinajstić information content (AvgIpc) is 2.36. The molecule has 0 spiro atoms. The molecule has 0 saturated heterocycles. The van der Waals surface area contributed by atoms with Gasteiger partial charge < -0.3 is 10.4 Å². The van der Waals surface area contributed by atoms with E-state index >= 15 is 0 Å². The zero-order chi connectivity index (χ0) is 14.7. The van der Waals surface area contributed by atoms with Crippen molar-refractivity contribution in [3.05, 3.63) is 28.8 Å². The molecule has 2 nitrogen and oxygen atoms in total. The van der Waals surface area contributed by atoms with E-state index in [4.69, 9.17) is 11.6 Å². The maximum absolute atomic E-state index is 12.6. The predicted octanol–water partition coefficient (Wildman–Crippen LogP) is 4.18. The van der Waals surface area contributed by atoms with E-state index in [2.05, 4.69) is 5.32 Å². The van der Waals surface area contributed by atoms with Gasteiger partial charge in [0.15, 0.2) is 0 Å². The van der Waals surface area contributed by atoms with Crippen LogP contribution in [0.1, 0.15) is 25.8 Å². The first-order chi connectivity index (χ1) is 8.72. The van der Waals surface area contributed by atoms with Crippen LogP contribution in [0, 0.1) is 5.41 Å². The minimum absolute atomic E-state index is 0.0485. The molecule has 0 fully saturated rings. The third-order valence-electron chi connectivity index (χ3n) is 3.23. The first-order valence-corrected chi connectivity index (χ1v) is 6.31. The lowest BCUT2D eigenvalue weighted by Gasteiger charge is -2.26. The number of anilines is 1. The van der Waals surface area contributed by atoms with Gasteiger partial charge in [-0.1, -0.05) is 25.4 Å². The molecule has 0 radical (unpaired) electrons. The minimum atomic E-state index is -4.40. The molecule has 0 amide bonds. The van der Waals surface area contributed by atoms with Crippen LogP contribution in [0.4, 0.5) is 18.9 Å². The second kappa shape index (κ2) is 6.01. The van der Waals surface area contributed by atoms with Crippen molar-refractivity contribution in [2.45, 2.75) is 26.4 Å². The number of halogens is 4. The first-order valence-electron chi connectivity index (χ1n) is 5.93. The largest absolute Gasteiger partial charge is 0.416 e. The lowest BCUT2D eigenvalue weighted by atomic mass is 9.88. The fourth-order valence-electron chi connectivity index (χ4n) is 1.44. The molecule has 1 aromatic carbocycles. The number of aliphatic hydroxyl groups excluding tert-OH is 1. The van der Waals surface area contributed by atoms with Crippen LogP contribution in [0.15, 0.2) is 18.2 Å². The summed E-state index contributed by atoms with van der Waals surface area (Å²) in [6.45, 7) is 4.06. The van der Waals surface area contributed by atoms with Gasteiger partial charge in [-0.25, -0.2) is 0 Å². The Balaban J connectivity index is 2.89. The number of hydrogen-bond donors (Lipinski definition) is 2. The summed E-state index contributed by atoms with van der Waals surface area (Å²) in [6, 6.07) is 3.14. The fourth-order valence-corrected chi connectivity index (χ4v) is 1.62. The normalized spacial score (nSPS) is 15.1. The van der Waals surface area contributed by atoms with Crippen molar-refractivity contribution >= 4 is 17.3 Å². The Morgan fingerprint density at radius 2 is 1.95 bits per heavy atom. The third kappa shape index (κ3) is 4.28. The van der Waals surface area contributed by atoms with Gasteiger partial charge in [0.1, 0.15) is 0 Å². The number of alkyl halides is 3. The molecular formula is C13H17ClF3NO. The molecule has 0 aliphatic rings. The highest BCUT2D eigenvalue weighted by Gasteiger charge is 2.31. The Hall–Kier alpha value is -0.940. The molecule has 0 aliphatic heterocycles. The molecular weight excluding hydrogens is 279 g/mol. The molecule has 1 atom stereocenters. The molecule has 1 rings (SSSR count). The summed E-state index contributed by atoms with van der Waals surface area (Å²) >= 11 is 5.87. The lowest BCUT2D eigenvalue weighted by molar-refractivity contribution is -0.137. The summed E-state index contributed by atoms with van der Waals surface area (Å²) in [6.07, 6.45) is -3.70. The summed E-state index contributed by atoms with van der Waals surface area (Å²) in [5, 5.41) is 12.4. The maximum Gasteiger partial charge on any atom is 0.416 e. The van der Waals surface area contributed by atoms with Crippen LogP contribution >= 0.6 is 11.6 Å². The van der Waals surface area contributed by atoms with Crippen LogP contribution in [0.5, 0.6) is 0 Å². The molecule has 1 aromatic rings. The summed E-state index contributed by atoms with van der Waals surface area (Å²) in [5.41, 5.74) is -0.913. The molecule has 2 N–H and O–H groups in total. The first kappa shape index (κ1) is 16.1. The highest BCUT2D eigenvalue weighted by molar-refractivity contribution is 6.33. The molecule has 0 saturated carbocycles. The molecule has 0 heterocycles. The Morgan fingerprint density at radius 1 is 1.32 bits per heavy atom. The molecule has 108 valence electrons. The minimum Gasteiger partial charge on any atom is -0.396 e. The monoisotopic (exact) mass is 295 g/mol. The van der Waals surface area contributed by atoms with Crippen LogP contribution in [0.3, 0.4) is 0 Å². The van der Waals surface area contributed by atoms with E-state index < -0.39 is 17.2 Å². The summed E-state index contributed by atoms with van der Waals surface area (Å²) in [5.74, 6) is 0. The van der Waals surface area contributed by atoms with Crippen molar-refractivity contribution in [1.29, 1.82) is 0 Å². The molecule has 0 aromatic heterocycles. The Morgan fingerprint density at radius 3 is 2.42 bits per heavy atom. The number of benzene rings is 1. The number of aliphatic hydroxyl groups is 1. The van der Waals surface area contributed by atoms with E-state index in [1.807, 2.05) is 13.8 Å². The standard InChI is InChI=1S/C13H17ClF3NO/c1-3-12(2,8-19)7-18-11-6-9(13(15,16)17)4-5-10(11)14/h4-6,18-19H,3,7-8H2,1-2H3. The van der Waals surface area contributed by atoms with Crippen LogP contribution in [0.25, 0.3) is 0 Å². The highest BCUT2D eigenvalue weighted by atomic mass is 35.5. The van der Waals surface area contributed by atoms with Gasteiger partial charge >= 0.3 is 6.18 Å². The molecule has 6 heteroatoms. The quantitative estimate of drug-likeness (QED) is 0.854. The number of nitrogens with one attached hydrogen (secondary N) is 1. The average molecular weight is 296 g/mol. The van der Waals surface area contributed by atoms with Gasteiger partial charge in [-0.3, -0.25) is 0 Å². The fraction of sp³-hybridized carbons (Fsp3) is 0.538. The highest BCUT2D eigenvalue weighted by Crippen LogP contribution is 2.34. The molecule has 19 heavy (non-hydrogen) atoms. The smallest absolute Gasteiger partial charge is 0.396 e. The van der Waals surface area contributed by atoms with E-state index in [-0.39, 0.29) is 17.3 Å². The van der Waals surface area contributed by atoms with Gasteiger partial charge in [0.25, 0.3) is 0 Å². The topological polar surface area (TPSA) is 32.3 Å². The van der Waals surface area contributed by atoms with Gasteiger partial charge in [-0.2, -0.15) is 13.2 Å². The van der Waals surface area contributed by atoms with Crippen LogP contribution in [-0.4, -0.2) is 18.3 Å². The van der Waals surface area contributed by atoms with Crippen molar-refractivity contribution in [3.63, 3.8) is 0 Å². The summed E-state index contributed by atoms with van der Waals surface area (Å²) in [7, 11) is 0. The second-order valence-electron chi connectivity index (χ2n) is 4.87. The van der Waals surface area contributed by atoms with E-state index in [0.717, 1.165) is 12.1 Å². The Labute approximate surface area is 115 Å².